The molecule has 1 aromatic carbocycles. The molecule has 1 aliphatic rings. The molecule has 4 aromatic rings. The van der Waals surface area contributed by atoms with Crippen LogP contribution in [-0.4, -0.2) is 52.4 Å². The monoisotopic (exact) mass is 415 g/mol. The predicted octanol–water partition coefficient (Wildman–Crippen LogP) is 2.52. The third-order valence-electron chi connectivity index (χ3n) is 5.51. The molecule has 0 radical (unpaired) electrons. The zero-order chi connectivity index (χ0) is 21.2. The minimum Gasteiger partial charge on any atom is -0.393 e. The van der Waals surface area contributed by atoms with Gasteiger partial charge in [0.2, 0.25) is 11.6 Å². The Labute approximate surface area is 178 Å². The predicted molar refractivity (Wildman–Crippen MR) is 114 cm³/mol. The maximum absolute atomic E-state index is 9.78. The van der Waals surface area contributed by atoms with Crippen molar-refractivity contribution in [3.8, 4) is 28.5 Å². The smallest absolute Gasteiger partial charge is 0.225 e. The molecule has 156 valence electrons. The molecular weight excluding hydrogens is 394 g/mol. The van der Waals surface area contributed by atoms with Gasteiger partial charge in [-0.2, -0.15) is 15.3 Å². The fourth-order valence-corrected chi connectivity index (χ4v) is 3.91. The topological polar surface area (TPSA) is 141 Å². The summed E-state index contributed by atoms with van der Waals surface area (Å²) in [6.45, 7) is 0.578. The van der Waals surface area contributed by atoms with Crippen molar-refractivity contribution in [3.63, 3.8) is 0 Å². The molecule has 10 heteroatoms. The second kappa shape index (κ2) is 8.12. The number of benzene rings is 1. The summed E-state index contributed by atoms with van der Waals surface area (Å²) in [5, 5.41) is 37.0. The lowest BCUT2D eigenvalue weighted by Crippen LogP contribution is -2.18. The number of H-pyrrole nitrogens is 1. The number of fused-ring (bicyclic) bond motifs is 1. The molecule has 5 rings (SSSR count). The molecule has 0 aliphatic heterocycles. The number of hydrogen-bond donors (Lipinski definition) is 3. The van der Waals surface area contributed by atoms with E-state index in [1.807, 2.05) is 30.5 Å². The van der Waals surface area contributed by atoms with Crippen LogP contribution in [0.5, 0.6) is 0 Å². The van der Waals surface area contributed by atoms with Gasteiger partial charge >= 0.3 is 0 Å². The van der Waals surface area contributed by atoms with Gasteiger partial charge in [-0.25, -0.2) is 4.98 Å². The molecule has 0 spiro atoms. The van der Waals surface area contributed by atoms with E-state index in [-0.39, 0.29) is 12.1 Å². The Balaban J connectivity index is 1.42. The van der Waals surface area contributed by atoms with Crippen LogP contribution in [0.3, 0.4) is 0 Å². The number of nitrogens with zero attached hydrogens (tertiary/aromatic N) is 7. The van der Waals surface area contributed by atoms with Gasteiger partial charge in [0.1, 0.15) is 11.2 Å². The van der Waals surface area contributed by atoms with Gasteiger partial charge < -0.3 is 10.4 Å². The van der Waals surface area contributed by atoms with E-state index in [1.165, 1.54) is 0 Å². The van der Waals surface area contributed by atoms with Crippen LogP contribution >= 0.6 is 0 Å². The van der Waals surface area contributed by atoms with E-state index in [1.54, 1.807) is 10.9 Å². The molecule has 31 heavy (non-hydrogen) atoms. The van der Waals surface area contributed by atoms with E-state index < -0.39 is 0 Å². The maximum atomic E-state index is 9.78. The molecule has 3 heterocycles. The molecule has 1 fully saturated rings. The number of aromatic nitrogens is 7. The van der Waals surface area contributed by atoms with Crippen molar-refractivity contribution in [1.29, 1.82) is 5.26 Å². The van der Waals surface area contributed by atoms with Crippen molar-refractivity contribution < 1.29 is 5.11 Å². The SMILES string of the molecule is N#CCCn1cc(-c2ccc(-c3nc(N[C@@H]4CC[C@@H](O)C4)nc4nn[nH]c34)cc2)cn1. The Bertz CT molecular complexity index is 1240. The Morgan fingerprint density at radius 1 is 1.16 bits per heavy atom. The molecule has 3 N–H and O–H groups in total. The van der Waals surface area contributed by atoms with E-state index >= 15 is 0 Å². The van der Waals surface area contributed by atoms with Crippen molar-refractivity contribution >= 4 is 17.1 Å². The van der Waals surface area contributed by atoms with Gasteiger partial charge in [0.25, 0.3) is 0 Å². The second-order valence-corrected chi connectivity index (χ2v) is 7.69. The van der Waals surface area contributed by atoms with Crippen LogP contribution in [0.4, 0.5) is 5.95 Å². The summed E-state index contributed by atoms with van der Waals surface area (Å²) in [5.41, 5.74) is 4.81. The number of aryl methyl sites for hydroxylation is 1. The highest BCUT2D eigenvalue weighted by molar-refractivity contribution is 5.87. The summed E-state index contributed by atoms with van der Waals surface area (Å²) in [5.74, 6) is 0.485. The number of aromatic amines is 1. The molecule has 1 aliphatic carbocycles. The lowest BCUT2D eigenvalue weighted by molar-refractivity contribution is 0.182. The Hall–Kier alpha value is -3.84. The zero-order valence-electron chi connectivity index (χ0n) is 16.7. The van der Waals surface area contributed by atoms with Crippen LogP contribution in [0.25, 0.3) is 33.5 Å². The molecule has 2 atom stereocenters. The summed E-state index contributed by atoms with van der Waals surface area (Å²) in [7, 11) is 0. The number of hydrogen-bond acceptors (Lipinski definition) is 8. The first-order valence-corrected chi connectivity index (χ1v) is 10.2. The number of aliphatic hydroxyl groups is 1. The van der Waals surface area contributed by atoms with Gasteiger partial charge in [-0.15, -0.1) is 5.10 Å². The van der Waals surface area contributed by atoms with Crippen LogP contribution in [0.15, 0.2) is 36.7 Å². The number of aliphatic hydroxyl groups excluding tert-OH is 1. The standard InChI is InChI=1S/C21H21N9O/c22-8-1-9-30-12-15(11-23-30)13-2-4-14(5-3-13)18-19-20(28-29-27-19)26-21(25-18)24-16-6-7-17(31)10-16/h2-5,11-12,16-17,31H,1,6-7,9-10H2,(H2,24,25,26,27,28,29)/t16-,17-/m1/s1. The number of rotatable bonds is 6. The van der Waals surface area contributed by atoms with Gasteiger partial charge in [0.15, 0.2) is 0 Å². The third-order valence-corrected chi connectivity index (χ3v) is 5.51. The van der Waals surface area contributed by atoms with Crippen molar-refractivity contribution in [3.05, 3.63) is 36.7 Å². The zero-order valence-corrected chi connectivity index (χ0v) is 16.7. The molecule has 0 unspecified atom stereocenters. The van der Waals surface area contributed by atoms with Crippen LogP contribution in [0, 0.1) is 11.3 Å². The van der Waals surface area contributed by atoms with Crippen LogP contribution in [0.2, 0.25) is 0 Å². The summed E-state index contributed by atoms with van der Waals surface area (Å²) in [6, 6.07) is 10.3. The van der Waals surface area contributed by atoms with Crippen LogP contribution < -0.4 is 5.32 Å². The minimum absolute atomic E-state index is 0.146. The summed E-state index contributed by atoms with van der Waals surface area (Å²) >= 11 is 0. The Kier molecular flexibility index (Phi) is 5.01. The largest absolute Gasteiger partial charge is 0.393 e. The average Bonchev–Trinajstić information content (AvgIpc) is 3.53. The quantitative estimate of drug-likeness (QED) is 0.436. The van der Waals surface area contributed by atoms with E-state index in [4.69, 9.17) is 10.2 Å². The summed E-state index contributed by atoms with van der Waals surface area (Å²) < 4.78 is 1.77. The molecule has 0 saturated heterocycles. The molecular formula is C21H21N9O. The first kappa shape index (κ1) is 19.1. The molecule has 1 saturated carbocycles. The van der Waals surface area contributed by atoms with E-state index in [2.05, 4.69) is 36.9 Å². The third kappa shape index (κ3) is 3.95. The summed E-state index contributed by atoms with van der Waals surface area (Å²) in [4.78, 5) is 9.17. The molecule has 0 amide bonds. The van der Waals surface area contributed by atoms with Crippen molar-refractivity contribution in [1.82, 2.24) is 35.2 Å². The highest BCUT2D eigenvalue weighted by atomic mass is 16.3. The normalized spacial score (nSPS) is 18.3. The average molecular weight is 415 g/mol. The van der Waals surface area contributed by atoms with E-state index in [0.29, 0.717) is 42.2 Å². The lowest BCUT2D eigenvalue weighted by atomic mass is 10.0. The molecule has 10 nitrogen and oxygen atoms in total. The Morgan fingerprint density at radius 2 is 2.00 bits per heavy atom. The van der Waals surface area contributed by atoms with Crippen LogP contribution in [-0.2, 0) is 6.54 Å². The molecule has 3 aromatic heterocycles. The highest BCUT2D eigenvalue weighted by Crippen LogP contribution is 2.29. The number of nitriles is 1. The molecule has 0 bridgehead atoms. The van der Waals surface area contributed by atoms with Gasteiger partial charge in [-0.3, -0.25) is 9.78 Å². The fraction of sp³-hybridized carbons (Fsp3) is 0.333. The van der Waals surface area contributed by atoms with Gasteiger partial charge in [-0.05, 0) is 24.8 Å². The maximum Gasteiger partial charge on any atom is 0.225 e. The lowest BCUT2D eigenvalue weighted by Gasteiger charge is -2.13. The van der Waals surface area contributed by atoms with Crippen LogP contribution in [0.1, 0.15) is 25.7 Å². The minimum atomic E-state index is -0.274. The fourth-order valence-electron chi connectivity index (χ4n) is 3.91. The van der Waals surface area contributed by atoms with Gasteiger partial charge in [-0.1, -0.05) is 29.5 Å². The number of nitrogens with one attached hydrogen (secondary N) is 2. The van der Waals surface area contributed by atoms with E-state index in [0.717, 1.165) is 29.5 Å². The summed E-state index contributed by atoms with van der Waals surface area (Å²) in [6.07, 6.45) is 6.24. The first-order valence-electron chi connectivity index (χ1n) is 10.2. The van der Waals surface area contributed by atoms with Crippen molar-refractivity contribution in [2.24, 2.45) is 0 Å². The van der Waals surface area contributed by atoms with E-state index in [9.17, 15) is 5.11 Å². The van der Waals surface area contributed by atoms with Crippen molar-refractivity contribution in [2.75, 3.05) is 5.32 Å². The van der Waals surface area contributed by atoms with Crippen molar-refractivity contribution in [2.45, 2.75) is 44.4 Å². The highest BCUT2D eigenvalue weighted by Gasteiger charge is 2.24. The second-order valence-electron chi connectivity index (χ2n) is 7.69. The number of anilines is 1. The van der Waals surface area contributed by atoms with Gasteiger partial charge in [0.05, 0.1) is 31.3 Å². The first-order chi connectivity index (χ1) is 15.2. The van der Waals surface area contributed by atoms with Gasteiger partial charge in [0, 0.05) is 23.4 Å². The Morgan fingerprint density at radius 3 is 2.77 bits per heavy atom.